The van der Waals surface area contributed by atoms with E-state index in [-0.39, 0.29) is 35.7 Å². The van der Waals surface area contributed by atoms with Gasteiger partial charge in [0.1, 0.15) is 10.6 Å². The molecule has 0 spiro atoms. The third-order valence-corrected chi connectivity index (χ3v) is 6.36. The third-order valence-electron chi connectivity index (χ3n) is 4.44. The lowest BCUT2D eigenvalue weighted by Crippen LogP contribution is -2.44. The molecule has 7 nitrogen and oxygen atoms in total. The van der Waals surface area contributed by atoms with Crippen molar-refractivity contribution in [1.82, 2.24) is 9.73 Å². The van der Waals surface area contributed by atoms with Crippen LogP contribution in [-0.4, -0.2) is 38.8 Å². The SMILES string of the molecule is COc1ccc(C(C)C)cc1S(=O)(=O)N1CCC(C(=O)NN)CC1. The molecule has 0 atom stereocenters. The molecule has 2 rings (SSSR count). The smallest absolute Gasteiger partial charge is 0.246 e. The lowest BCUT2D eigenvalue weighted by molar-refractivity contribution is -0.126. The zero-order chi connectivity index (χ0) is 17.9. The molecule has 1 fully saturated rings. The van der Waals surface area contributed by atoms with Gasteiger partial charge in [-0.2, -0.15) is 4.31 Å². The first-order valence-corrected chi connectivity index (χ1v) is 9.43. The summed E-state index contributed by atoms with van der Waals surface area (Å²) in [6.45, 7) is 4.59. The predicted molar refractivity (Wildman–Crippen MR) is 90.9 cm³/mol. The summed E-state index contributed by atoms with van der Waals surface area (Å²) in [6.07, 6.45) is 0.906. The van der Waals surface area contributed by atoms with E-state index in [0.717, 1.165) is 5.56 Å². The van der Waals surface area contributed by atoms with Crippen LogP contribution in [0.25, 0.3) is 0 Å². The maximum absolute atomic E-state index is 13.0. The Labute approximate surface area is 143 Å². The second-order valence-electron chi connectivity index (χ2n) is 6.25. The van der Waals surface area contributed by atoms with E-state index in [1.54, 1.807) is 12.1 Å². The molecule has 1 aromatic rings. The van der Waals surface area contributed by atoms with Gasteiger partial charge in [0.05, 0.1) is 7.11 Å². The van der Waals surface area contributed by atoms with Crippen molar-refractivity contribution in [2.45, 2.75) is 37.5 Å². The van der Waals surface area contributed by atoms with Gasteiger partial charge in [0.2, 0.25) is 15.9 Å². The zero-order valence-electron chi connectivity index (χ0n) is 14.3. The fourth-order valence-electron chi connectivity index (χ4n) is 2.87. The van der Waals surface area contributed by atoms with E-state index >= 15 is 0 Å². The van der Waals surface area contributed by atoms with Crippen molar-refractivity contribution in [1.29, 1.82) is 0 Å². The summed E-state index contributed by atoms with van der Waals surface area (Å²) in [4.78, 5) is 11.8. The summed E-state index contributed by atoms with van der Waals surface area (Å²) in [5.41, 5.74) is 3.07. The maximum Gasteiger partial charge on any atom is 0.246 e. The molecular weight excluding hydrogens is 330 g/mol. The number of hydrogen-bond donors (Lipinski definition) is 2. The van der Waals surface area contributed by atoms with Gasteiger partial charge in [-0.3, -0.25) is 10.2 Å². The molecule has 0 aromatic heterocycles. The molecule has 0 unspecified atom stereocenters. The number of methoxy groups -OCH3 is 1. The fraction of sp³-hybridized carbons (Fsp3) is 0.562. The number of amides is 1. The number of nitrogens with one attached hydrogen (secondary N) is 1. The summed E-state index contributed by atoms with van der Waals surface area (Å²) in [5.74, 6) is 5.21. The average molecular weight is 355 g/mol. The Balaban J connectivity index is 2.28. The number of benzene rings is 1. The molecule has 0 radical (unpaired) electrons. The van der Waals surface area contributed by atoms with Crippen molar-refractivity contribution in [3.63, 3.8) is 0 Å². The normalized spacial score (nSPS) is 17.0. The first kappa shape index (κ1) is 18.7. The number of hydrazine groups is 1. The number of ether oxygens (including phenoxy) is 1. The van der Waals surface area contributed by atoms with Gasteiger partial charge in [0.25, 0.3) is 0 Å². The Morgan fingerprint density at radius 2 is 1.96 bits per heavy atom. The van der Waals surface area contributed by atoms with Gasteiger partial charge in [-0.25, -0.2) is 14.3 Å². The van der Waals surface area contributed by atoms with Crippen molar-refractivity contribution in [2.75, 3.05) is 20.2 Å². The molecule has 1 heterocycles. The van der Waals surface area contributed by atoms with Gasteiger partial charge in [-0.15, -0.1) is 0 Å². The van der Waals surface area contributed by atoms with Crippen LogP contribution in [0.15, 0.2) is 23.1 Å². The first-order valence-electron chi connectivity index (χ1n) is 7.99. The molecule has 1 aromatic carbocycles. The summed E-state index contributed by atoms with van der Waals surface area (Å²) in [6, 6.07) is 5.24. The van der Waals surface area contributed by atoms with Gasteiger partial charge in [-0.1, -0.05) is 19.9 Å². The molecule has 24 heavy (non-hydrogen) atoms. The minimum atomic E-state index is -3.67. The summed E-state index contributed by atoms with van der Waals surface area (Å²) in [7, 11) is -2.21. The van der Waals surface area contributed by atoms with Crippen molar-refractivity contribution >= 4 is 15.9 Å². The van der Waals surface area contributed by atoms with Crippen molar-refractivity contribution < 1.29 is 17.9 Å². The van der Waals surface area contributed by atoms with Crippen LogP contribution in [0.3, 0.4) is 0 Å². The number of nitrogens with zero attached hydrogens (tertiary/aromatic N) is 1. The number of nitrogens with two attached hydrogens (primary N) is 1. The Kier molecular flexibility index (Phi) is 5.84. The van der Waals surface area contributed by atoms with Crippen LogP contribution in [0.5, 0.6) is 5.75 Å². The van der Waals surface area contributed by atoms with E-state index in [1.165, 1.54) is 11.4 Å². The second-order valence-corrected chi connectivity index (χ2v) is 8.16. The number of sulfonamides is 1. The van der Waals surface area contributed by atoms with E-state index in [9.17, 15) is 13.2 Å². The summed E-state index contributed by atoms with van der Waals surface area (Å²) >= 11 is 0. The van der Waals surface area contributed by atoms with Crippen LogP contribution in [0, 0.1) is 5.92 Å². The van der Waals surface area contributed by atoms with E-state index in [1.807, 2.05) is 19.9 Å². The lowest BCUT2D eigenvalue weighted by Gasteiger charge is -2.30. The highest BCUT2D eigenvalue weighted by Crippen LogP contribution is 2.32. The molecule has 134 valence electrons. The highest BCUT2D eigenvalue weighted by Gasteiger charge is 2.33. The number of carbonyl (C=O) groups is 1. The Morgan fingerprint density at radius 1 is 1.33 bits per heavy atom. The van der Waals surface area contributed by atoms with E-state index < -0.39 is 10.0 Å². The van der Waals surface area contributed by atoms with Crippen molar-refractivity contribution in [2.24, 2.45) is 11.8 Å². The largest absolute Gasteiger partial charge is 0.495 e. The quantitative estimate of drug-likeness (QED) is 0.470. The highest BCUT2D eigenvalue weighted by molar-refractivity contribution is 7.89. The molecule has 3 N–H and O–H groups in total. The summed E-state index contributed by atoms with van der Waals surface area (Å²) < 4.78 is 32.7. The minimum absolute atomic E-state index is 0.179. The molecule has 0 saturated carbocycles. The van der Waals surface area contributed by atoms with Gasteiger partial charge >= 0.3 is 0 Å². The number of piperidine rings is 1. The van der Waals surface area contributed by atoms with Crippen LogP contribution in [0.4, 0.5) is 0 Å². The fourth-order valence-corrected chi connectivity index (χ4v) is 4.53. The van der Waals surface area contributed by atoms with Crippen LogP contribution in [-0.2, 0) is 14.8 Å². The van der Waals surface area contributed by atoms with Crippen molar-refractivity contribution in [3.8, 4) is 5.75 Å². The lowest BCUT2D eigenvalue weighted by atomic mass is 9.98. The third kappa shape index (κ3) is 3.71. The molecular formula is C16H25N3O4S. The van der Waals surface area contributed by atoms with Gasteiger partial charge < -0.3 is 4.74 Å². The van der Waals surface area contributed by atoms with Crippen LogP contribution >= 0.6 is 0 Å². The molecule has 1 aliphatic rings. The molecule has 0 bridgehead atoms. The average Bonchev–Trinajstić information content (AvgIpc) is 2.60. The zero-order valence-corrected chi connectivity index (χ0v) is 15.1. The standard InChI is InChI=1S/C16H25N3O4S/c1-11(2)13-4-5-14(23-3)15(10-13)24(21,22)19-8-6-12(7-9-19)16(20)18-17/h4-5,10-12H,6-9,17H2,1-3H3,(H,18,20). The van der Waals surface area contributed by atoms with Gasteiger partial charge in [0, 0.05) is 19.0 Å². The number of hydrogen-bond acceptors (Lipinski definition) is 5. The summed E-state index contributed by atoms with van der Waals surface area (Å²) in [5, 5.41) is 0. The second kappa shape index (κ2) is 7.50. The van der Waals surface area contributed by atoms with Crippen LogP contribution in [0.2, 0.25) is 0 Å². The van der Waals surface area contributed by atoms with Crippen LogP contribution < -0.4 is 16.0 Å². The number of carbonyl (C=O) groups excluding carboxylic acids is 1. The molecule has 1 aliphatic heterocycles. The van der Waals surface area contributed by atoms with Gasteiger partial charge in [0.15, 0.2) is 0 Å². The molecule has 8 heteroatoms. The molecule has 1 amide bonds. The number of rotatable bonds is 5. The molecule has 0 aliphatic carbocycles. The topological polar surface area (TPSA) is 102 Å². The Bertz CT molecular complexity index is 695. The predicted octanol–water partition coefficient (Wildman–Crippen LogP) is 1.21. The van der Waals surface area contributed by atoms with Crippen LogP contribution in [0.1, 0.15) is 38.2 Å². The Morgan fingerprint density at radius 3 is 2.46 bits per heavy atom. The maximum atomic E-state index is 13.0. The van der Waals surface area contributed by atoms with Gasteiger partial charge in [-0.05, 0) is 36.5 Å². The first-order chi connectivity index (χ1) is 11.3. The minimum Gasteiger partial charge on any atom is -0.495 e. The van der Waals surface area contributed by atoms with E-state index in [2.05, 4.69) is 5.43 Å². The Hall–Kier alpha value is -1.64. The molecule has 1 saturated heterocycles. The monoisotopic (exact) mass is 355 g/mol. The van der Waals surface area contributed by atoms with Crippen molar-refractivity contribution in [3.05, 3.63) is 23.8 Å². The van der Waals surface area contributed by atoms with E-state index in [4.69, 9.17) is 10.6 Å². The highest BCUT2D eigenvalue weighted by atomic mass is 32.2. The van der Waals surface area contributed by atoms with E-state index in [0.29, 0.717) is 18.6 Å².